The van der Waals surface area contributed by atoms with Crippen molar-refractivity contribution in [3.8, 4) is 0 Å². The summed E-state index contributed by atoms with van der Waals surface area (Å²) in [6.45, 7) is 4.56. The summed E-state index contributed by atoms with van der Waals surface area (Å²) in [6, 6.07) is 8.07. The molecule has 1 saturated heterocycles. The summed E-state index contributed by atoms with van der Waals surface area (Å²) in [7, 11) is -3.03. The molecule has 0 unspecified atom stereocenters. The molecule has 7 heteroatoms. The van der Waals surface area contributed by atoms with Crippen molar-refractivity contribution >= 4 is 31.6 Å². The zero-order valence-electron chi connectivity index (χ0n) is 11.5. The van der Waals surface area contributed by atoms with E-state index in [1.54, 1.807) is 4.31 Å². The SMILES string of the molecule is CS(=O)(=O)N1CCN(CCNc2cccc(Br)c2)CC1. The zero-order valence-corrected chi connectivity index (χ0v) is 14.0. The van der Waals surface area contributed by atoms with Gasteiger partial charge in [-0.2, -0.15) is 4.31 Å². The van der Waals surface area contributed by atoms with Gasteiger partial charge in [-0.25, -0.2) is 8.42 Å². The molecule has 1 heterocycles. The maximum atomic E-state index is 11.4. The van der Waals surface area contributed by atoms with Crippen molar-refractivity contribution in [3.05, 3.63) is 28.7 Å². The lowest BCUT2D eigenvalue weighted by molar-refractivity contribution is 0.195. The molecule has 1 fully saturated rings. The van der Waals surface area contributed by atoms with E-state index in [1.807, 2.05) is 24.3 Å². The van der Waals surface area contributed by atoms with Crippen LogP contribution in [-0.4, -0.2) is 63.1 Å². The number of piperazine rings is 1. The van der Waals surface area contributed by atoms with Crippen LogP contribution in [0.1, 0.15) is 0 Å². The minimum Gasteiger partial charge on any atom is -0.384 e. The molecule has 112 valence electrons. The largest absolute Gasteiger partial charge is 0.384 e. The van der Waals surface area contributed by atoms with Gasteiger partial charge < -0.3 is 5.32 Å². The molecule has 0 atom stereocenters. The van der Waals surface area contributed by atoms with Gasteiger partial charge in [0.15, 0.2) is 0 Å². The van der Waals surface area contributed by atoms with Crippen LogP contribution in [0.5, 0.6) is 0 Å². The zero-order chi connectivity index (χ0) is 14.6. The first-order valence-electron chi connectivity index (χ1n) is 6.62. The van der Waals surface area contributed by atoms with Gasteiger partial charge in [-0.05, 0) is 18.2 Å². The molecule has 0 radical (unpaired) electrons. The average Bonchev–Trinajstić information content (AvgIpc) is 2.38. The quantitative estimate of drug-likeness (QED) is 0.861. The number of anilines is 1. The van der Waals surface area contributed by atoms with Gasteiger partial charge in [0.2, 0.25) is 10.0 Å². The second-order valence-electron chi connectivity index (χ2n) is 4.94. The van der Waals surface area contributed by atoms with Crippen molar-refractivity contribution in [2.75, 3.05) is 50.8 Å². The van der Waals surface area contributed by atoms with E-state index >= 15 is 0 Å². The lowest BCUT2D eigenvalue weighted by Crippen LogP contribution is -2.49. The summed E-state index contributed by atoms with van der Waals surface area (Å²) in [5.74, 6) is 0. The van der Waals surface area contributed by atoms with Crippen LogP contribution in [0.3, 0.4) is 0 Å². The third-order valence-electron chi connectivity index (χ3n) is 3.38. The predicted molar refractivity (Wildman–Crippen MR) is 85.5 cm³/mol. The van der Waals surface area contributed by atoms with Crippen molar-refractivity contribution in [3.63, 3.8) is 0 Å². The minimum absolute atomic E-state index is 0.593. The van der Waals surface area contributed by atoms with Crippen molar-refractivity contribution < 1.29 is 8.42 Å². The molecule has 5 nitrogen and oxygen atoms in total. The smallest absolute Gasteiger partial charge is 0.211 e. The third kappa shape index (κ3) is 4.73. The van der Waals surface area contributed by atoms with Crippen molar-refractivity contribution in [2.45, 2.75) is 0 Å². The van der Waals surface area contributed by atoms with E-state index in [0.29, 0.717) is 13.1 Å². The number of hydrogen-bond donors (Lipinski definition) is 1. The van der Waals surface area contributed by atoms with Gasteiger partial charge in [-0.1, -0.05) is 22.0 Å². The molecule has 0 spiro atoms. The number of nitrogens with zero attached hydrogens (tertiary/aromatic N) is 2. The molecular weight excluding hydrogens is 342 g/mol. The van der Waals surface area contributed by atoms with Gasteiger partial charge in [0.05, 0.1) is 6.26 Å². The summed E-state index contributed by atoms with van der Waals surface area (Å²) < 4.78 is 25.4. The van der Waals surface area contributed by atoms with Gasteiger partial charge >= 0.3 is 0 Å². The monoisotopic (exact) mass is 361 g/mol. The van der Waals surface area contributed by atoms with Gasteiger partial charge in [0.1, 0.15) is 0 Å². The van der Waals surface area contributed by atoms with Gasteiger partial charge in [-0.3, -0.25) is 4.90 Å². The van der Waals surface area contributed by atoms with Crippen molar-refractivity contribution in [1.29, 1.82) is 0 Å². The van der Waals surface area contributed by atoms with E-state index < -0.39 is 10.0 Å². The molecule has 0 aliphatic carbocycles. The summed E-state index contributed by atoms with van der Waals surface area (Å²) in [5, 5.41) is 3.37. The molecule has 0 bridgehead atoms. The highest BCUT2D eigenvalue weighted by atomic mass is 79.9. The first-order valence-corrected chi connectivity index (χ1v) is 9.26. The van der Waals surface area contributed by atoms with Crippen LogP contribution in [0, 0.1) is 0 Å². The Bertz CT molecular complexity index is 542. The number of halogens is 1. The number of benzene rings is 1. The molecule has 1 N–H and O–H groups in total. The van der Waals surface area contributed by atoms with Gasteiger partial charge in [0, 0.05) is 49.4 Å². The second-order valence-corrected chi connectivity index (χ2v) is 7.84. The Labute approximate surface area is 129 Å². The molecule has 2 rings (SSSR count). The molecule has 20 heavy (non-hydrogen) atoms. The topological polar surface area (TPSA) is 52.7 Å². The molecule has 1 aliphatic heterocycles. The number of nitrogens with one attached hydrogen (secondary N) is 1. The Hall–Kier alpha value is -0.630. The average molecular weight is 362 g/mol. The van der Waals surface area contributed by atoms with E-state index in [4.69, 9.17) is 0 Å². The molecule has 0 aromatic heterocycles. The first kappa shape index (κ1) is 15.8. The van der Waals surface area contributed by atoms with Crippen LogP contribution in [0.25, 0.3) is 0 Å². The fraction of sp³-hybridized carbons (Fsp3) is 0.538. The fourth-order valence-electron chi connectivity index (χ4n) is 2.24. The summed E-state index contributed by atoms with van der Waals surface area (Å²) >= 11 is 3.44. The van der Waals surface area contributed by atoms with E-state index in [2.05, 4.69) is 26.1 Å². The van der Waals surface area contributed by atoms with E-state index in [9.17, 15) is 8.42 Å². The van der Waals surface area contributed by atoms with E-state index in [1.165, 1.54) is 6.26 Å². The lowest BCUT2D eigenvalue weighted by atomic mass is 10.3. The Kier molecular flexibility index (Phi) is 5.42. The van der Waals surface area contributed by atoms with E-state index in [-0.39, 0.29) is 0 Å². The highest BCUT2D eigenvalue weighted by molar-refractivity contribution is 9.10. The maximum Gasteiger partial charge on any atom is 0.211 e. The van der Waals surface area contributed by atoms with Crippen LogP contribution < -0.4 is 5.32 Å². The van der Waals surface area contributed by atoms with Crippen LogP contribution in [0.15, 0.2) is 28.7 Å². The van der Waals surface area contributed by atoms with Crippen LogP contribution in [0.2, 0.25) is 0 Å². The number of rotatable bonds is 5. The normalized spacial score (nSPS) is 18.1. The van der Waals surface area contributed by atoms with Crippen LogP contribution >= 0.6 is 15.9 Å². The first-order chi connectivity index (χ1) is 9.45. The molecule has 0 saturated carbocycles. The van der Waals surface area contributed by atoms with E-state index in [0.717, 1.165) is 36.3 Å². The van der Waals surface area contributed by atoms with Crippen LogP contribution in [0.4, 0.5) is 5.69 Å². The minimum atomic E-state index is -3.03. The third-order valence-corrected chi connectivity index (χ3v) is 5.18. The Morgan fingerprint density at radius 1 is 1.25 bits per heavy atom. The molecule has 1 aliphatic rings. The second kappa shape index (κ2) is 6.89. The van der Waals surface area contributed by atoms with Crippen LogP contribution in [-0.2, 0) is 10.0 Å². The number of sulfonamides is 1. The van der Waals surface area contributed by atoms with Gasteiger partial charge in [0.25, 0.3) is 0 Å². The highest BCUT2D eigenvalue weighted by Crippen LogP contribution is 2.15. The highest BCUT2D eigenvalue weighted by Gasteiger charge is 2.22. The molecule has 1 aromatic rings. The predicted octanol–water partition coefficient (Wildman–Crippen LogP) is 1.44. The van der Waals surface area contributed by atoms with Crippen molar-refractivity contribution in [2.24, 2.45) is 0 Å². The summed E-state index contributed by atoms with van der Waals surface area (Å²) in [6.07, 6.45) is 1.28. The fourth-order valence-corrected chi connectivity index (χ4v) is 3.47. The molecule has 0 amide bonds. The Balaban J connectivity index is 1.71. The molecule has 1 aromatic carbocycles. The standard InChI is InChI=1S/C13H20BrN3O2S/c1-20(18,19)17-9-7-16(8-10-17)6-5-15-13-4-2-3-12(14)11-13/h2-4,11,15H,5-10H2,1H3. The maximum absolute atomic E-state index is 11.4. The Morgan fingerprint density at radius 2 is 1.95 bits per heavy atom. The molecular formula is C13H20BrN3O2S. The van der Waals surface area contributed by atoms with Gasteiger partial charge in [-0.15, -0.1) is 0 Å². The number of hydrogen-bond acceptors (Lipinski definition) is 4. The lowest BCUT2D eigenvalue weighted by Gasteiger charge is -2.33. The Morgan fingerprint density at radius 3 is 2.55 bits per heavy atom. The van der Waals surface area contributed by atoms with Crippen molar-refractivity contribution in [1.82, 2.24) is 9.21 Å². The summed E-state index contributed by atoms with van der Waals surface area (Å²) in [4.78, 5) is 2.28. The summed E-state index contributed by atoms with van der Waals surface area (Å²) in [5.41, 5.74) is 1.09.